The van der Waals surface area contributed by atoms with E-state index in [1.807, 2.05) is 19.1 Å². The second kappa shape index (κ2) is 9.44. The molecule has 1 N–H and O–H groups in total. The number of alkyl halides is 3. The Labute approximate surface area is 187 Å². The molecule has 0 aliphatic heterocycles. The van der Waals surface area contributed by atoms with Crippen molar-refractivity contribution in [1.82, 2.24) is 14.7 Å². The van der Waals surface area contributed by atoms with Crippen LogP contribution >= 0.6 is 11.6 Å². The number of likely N-dealkylation sites (N-methyl/N-ethyl adjacent to an activating group) is 1. The lowest BCUT2D eigenvalue weighted by molar-refractivity contribution is -0.143. The van der Waals surface area contributed by atoms with Crippen molar-refractivity contribution >= 4 is 29.1 Å². The van der Waals surface area contributed by atoms with Gasteiger partial charge in [0, 0.05) is 17.8 Å². The Morgan fingerprint density at radius 3 is 2.53 bits per heavy atom. The maximum absolute atomic E-state index is 13.8. The normalized spacial score (nSPS) is 11.3. The summed E-state index contributed by atoms with van der Waals surface area (Å²) in [5, 5.41) is 6.67. The van der Waals surface area contributed by atoms with E-state index in [9.17, 15) is 22.8 Å². The third-order valence-corrected chi connectivity index (χ3v) is 4.96. The molecular formula is C22H20ClF3N4O2. The first-order valence-corrected chi connectivity index (χ1v) is 10.0. The highest BCUT2D eigenvalue weighted by Crippen LogP contribution is 2.34. The molecule has 0 aliphatic rings. The Hall–Kier alpha value is -3.33. The molecule has 3 aromatic rings. The number of nitrogens with zero attached hydrogens (tertiary/aromatic N) is 3. The first-order chi connectivity index (χ1) is 15.1. The zero-order valence-electron chi connectivity index (χ0n) is 17.3. The van der Waals surface area contributed by atoms with Gasteiger partial charge in [0.05, 0.1) is 24.0 Å². The fourth-order valence-corrected chi connectivity index (χ4v) is 3.40. The van der Waals surface area contributed by atoms with E-state index < -0.39 is 35.8 Å². The molecule has 1 heterocycles. The average Bonchev–Trinajstić information content (AvgIpc) is 3.19. The number of hydrogen-bond donors (Lipinski definition) is 1. The van der Waals surface area contributed by atoms with Gasteiger partial charge in [0.25, 0.3) is 5.91 Å². The van der Waals surface area contributed by atoms with E-state index in [1.165, 1.54) is 31.3 Å². The number of amides is 2. The number of anilines is 1. The summed E-state index contributed by atoms with van der Waals surface area (Å²) in [4.78, 5) is 26.1. The topological polar surface area (TPSA) is 67.2 Å². The van der Waals surface area contributed by atoms with Crippen molar-refractivity contribution in [3.8, 4) is 5.69 Å². The summed E-state index contributed by atoms with van der Waals surface area (Å²) in [5.74, 6) is -1.51. The first kappa shape index (κ1) is 23.3. The van der Waals surface area contributed by atoms with Crippen LogP contribution in [0.15, 0.2) is 54.7 Å². The molecule has 168 valence electrons. The van der Waals surface area contributed by atoms with Crippen LogP contribution in [-0.2, 0) is 17.4 Å². The minimum absolute atomic E-state index is 0.0560. The molecule has 32 heavy (non-hydrogen) atoms. The standard InChI is InChI=1S/C22H20ClF3N4O2/c1-3-14-7-4-5-10-18(14)28-19(31)13-29(2)21(32)17-12-27-30(20(17)22(24,25)26)16-9-6-8-15(23)11-16/h4-12H,3,13H2,1-2H3,(H,28,31). The average molecular weight is 465 g/mol. The van der Waals surface area contributed by atoms with Crippen molar-refractivity contribution in [2.75, 3.05) is 18.9 Å². The summed E-state index contributed by atoms with van der Waals surface area (Å²) >= 11 is 5.88. The number of carbonyl (C=O) groups is 2. The smallest absolute Gasteiger partial charge is 0.332 e. The van der Waals surface area contributed by atoms with Gasteiger partial charge in [-0.3, -0.25) is 9.59 Å². The highest BCUT2D eigenvalue weighted by molar-refractivity contribution is 6.30. The molecule has 0 saturated heterocycles. The van der Waals surface area contributed by atoms with Gasteiger partial charge in [-0.05, 0) is 36.2 Å². The Morgan fingerprint density at radius 2 is 1.88 bits per heavy atom. The molecule has 0 aliphatic carbocycles. The molecule has 2 amide bonds. The SMILES string of the molecule is CCc1ccccc1NC(=O)CN(C)C(=O)c1cnn(-c2cccc(Cl)c2)c1C(F)(F)F. The van der Waals surface area contributed by atoms with Crippen molar-refractivity contribution in [2.45, 2.75) is 19.5 Å². The molecule has 0 saturated carbocycles. The van der Waals surface area contributed by atoms with Crippen LogP contribution < -0.4 is 5.32 Å². The van der Waals surface area contributed by atoms with Gasteiger partial charge in [-0.15, -0.1) is 0 Å². The monoisotopic (exact) mass is 464 g/mol. The van der Waals surface area contributed by atoms with E-state index in [1.54, 1.807) is 12.1 Å². The van der Waals surface area contributed by atoms with Crippen LogP contribution in [0.5, 0.6) is 0 Å². The van der Waals surface area contributed by atoms with Gasteiger partial charge < -0.3 is 10.2 Å². The van der Waals surface area contributed by atoms with Crippen LogP contribution in [0.3, 0.4) is 0 Å². The second-order valence-electron chi connectivity index (χ2n) is 7.02. The van der Waals surface area contributed by atoms with Gasteiger partial charge in [0.1, 0.15) is 0 Å². The van der Waals surface area contributed by atoms with Crippen molar-refractivity contribution in [3.05, 3.63) is 76.6 Å². The molecule has 0 radical (unpaired) electrons. The summed E-state index contributed by atoms with van der Waals surface area (Å²) in [6.45, 7) is 1.49. The van der Waals surface area contributed by atoms with E-state index in [-0.39, 0.29) is 10.7 Å². The van der Waals surface area contributed by atoms with Gasteiger partial charge in [0.2, 0.25) is 5.91 Å². The fourth-order valence-electron chi connectivity index (χ4n) is 3.21. The Kier molecular flexibility index (Phi) is 6.88. The zero-order chi connectivity index (χ0) is 23.5. The predicted molar refractivity (Wildman–Crippen MR) is 115 cm³/mol. The molecule has 6 nitrogen and oxygen atoms in total. The lowest BCUT2D eigenvalue weighted by Crippen LogP contribution is -2.36. The maximum atomic E-state index is 13.8. The van der Waals surface area contributed by atoms with E-state index in [2.05, 4.69) is 10.4 Å². The quantitative estimate of drug-likeness (QED) is 0.569. The van der Waals surface area contributed by atoms with Crippen LogP contribution in [0.4, 0.5) is 18.9 Å². The van der Waals surface area contributed by atoms with Gasteiger partial charge in [-0.2, -0.15) is 18.3 Å². The maximum Gasteiger partial charge on any atom is 0.434 e. The van der Waals surface area contributed by atoms with E-state index in [0.717, 1.165) is 16.7 Å². The minimum atomic E-state index is -4.87. The predicted octanol–water partition coefficient (Wildman–Crippen LogP) is 4.82. The summed E-state index contributed by atoms with van der Waals surface area (Å²) in [6.07, 6.45) is -3.34. The van der Waals surface area contributed by atoms with Crippen LogP contribution in [0.1, 0.15) is 28.5 Å². The number of nitrogens with one attached hydrogen (secondary N) is 1. The fraction of sp³-hybridized carbons (Fsp3) is 0.227. The molecule has 10 heteroatoms. The number of benzene rings is 2. The van der Waals surface area contributed by atoms with Gasteiger partial charge in [-0.1, -0.05) is 42.8 Å². The second-order valence-corrected chi connectivity index (χ2v) is 7.45. The molecular weight excluding hydrogens is 445 g/mol. The highest BCUT2D eigenvalue weighted by Gasteiger charge is 2.41. The van der Waals surface area contributed by atoms with Crippen molar-refractivity contribution in [2.24, 2.45) is 0 Å². The van der Waals surface area contributed by atoms with Crippen LogP contribution in [0.25, 0.3) is 5.69 Å². The molecule has 2 aromatic carbocycles. The van der Waals surface area contributed by atoms with E-state index in [4.69, 9.17) is 11.6 Å². The first-order valence-electron chi connectivity index (χ1n) is 9.66. The van der Waals surface area contributed by atoms with Gasteiger partial charge >= 0.3 is 6.18 Å². The van der Waals surface area contributed by atoms with Crippen LogP contribution in [0, 0.1) is 0 Å². The van der Waals surface area contributed by atoms with E-state index >= 15 is 0 Å². The van der Waals surface area contributed by atoms with Crippen LogP contribution in [0.2, 0.25) is 5.02 Å². The summed E-state index contributed by atoms with van der Waals surface area (Å²) in [6, 6.07) is 12.8. The van der Waals surface area contributed by atoms with Gasteiger partial charge in [0.15, 0.2) is 5.69 Å². The van der Waals surface area contributed by atoms with E-state index in [0.29, 0.717) is 16.8 Å². The third kappa shape index (κ3) is 5.11. The van der Waals surface area contributed by atoms with Gasteiger partial charge in [-0.25, -0.2) is 4.68 Å². The third-order valence-electron chi connectivity index (χ3n) is 4.72. The largest absolute Gasteiger partial charge is 0.434 e. The molecule has 0 spiro atoms. The molecule has 0 atom stereocenters. The molecule has 0 bridgehead atoms. The Bertz CT molecular complexity index is 1140. The molecule has 3 rings (SSSR count). The summed E-state index contributed by atoms with van der Waals surface area (Å²) in [5.41, 5.74) is -0.363. The number of para-hydroxylation sites is 1. The van der Waals surface area contributed by atoms with Crippen LogP contribution in [-0.4, -0.2) is 40.1 Å². The highest BCUT2D eigenvalue weighted by atomic mass is 35.5. The number of rotatable bonds is 6. The van der Waals surface area contributed by atoms with Crippen molar-refractivity contribution < 1.29 is 22.8 Å². The van der Waals surface area contributed by atoms with Crippen molar-refractivity contribution in [1.29, 1.82) is 0 Å². The number of aryl methyl sites for hydroxylation is 1. The summed E-state index contributed by atoms with van der Waals surface area (Å²) < 4.78 is 42.1. The molecule has 0 fully saturated rings. The Morgan fingerprint density at radius 1 is 1.16 bits per heavy atom. The lowest BCUT2D eigenvalue weighted by atomic mass is 10.1. The number of carbonyl (C=O) groups excluding carboxylic acids is 2. The number of halogens is 4. The number of aromatic nitrogens is 2. The molecule has 0 unspecified atom stereocenters. The summed E-state index contributed by atoms with van der Waals surface area (Å²) in [7, 11) is 1.25. The Balaban J connectivity index is 1.84. The minimum Gasteiger partial charge on any atom is -0.332 e. The lowest BCUT2D eigenvalue weighted by Gasteiger charge is -2.19. The zero-order valence-corrected chi connectivity index (χ0v) is 18.0. The molecule has 1 aromatic heterocycles. The number of hydrogen-bond acceptors (Lipinski definition) is 3. The van der Waals surface area contributed by atoms with Crippen molar-refractivity contribution in [3.63, 3.8) is 0 Å².